The van der Waals surface area contributed by atoms with Gasteiger partial charge in [0.15, 0.2) is 0 Å². The van der Waals surface area contributed by atoms with E-state index in [1.54, 1.807) is 0 Å². The van der Waals surface area contributed by atoms with Gasteiger partial charge >= 0.3 is 0 Å². The molecule has 0 heterocycles. The maximum absolute atomic E-state index is 2.39. The van der Waals surface area contributed by atoms with Crippen LogP contribution in [0.25, 0.3) is 54.2 Å². The van der Waals surface area contributed by atoms with E-state index < -0.39 is 0 Å². The van der Waals surface area contributed by atoms with Crippen LogP contribution < -0.4 is 0 Å². The summed E-state index contributed by atoms with van der Waals surface area (Å²) in [6, 6.07) is 38.0. The summed E-state index contributed by atoms with van der Waals surface area (Å²) in [5.74, 6) is 0. The first-order chi connectivity index (χ1) is 15.5. The zero-order chi connectivity index (χ0) is 21.9. The fraction of sp³-hybridized carbons (Fsp3) is 0.125. The van der Waals surface area contributed by atoms with Crippen molar-refractivity contribution in [2.45, 2.75) is 26.2 Å². The normalized spacial score (nSPS) is 12.2. The molecule has 0 bridgehead atoms. The fourth-order valence-corrected chi connectivity index (χ4v) is 5.40. The molecule has 6 aromatic rings. The Kier molecular flexibility index (Phi) is 4.13. The Labute approximate surface area is 189 Å². The topological polar surface area (TPSA) is 0 Å². The molecule has 32 heavy (non-hydrogen) atoms. The monoisotopic (exact) mass is 410 g/mol. The number of hydrogen-bond donors (Lipinski definition) is 0. The molecular formula is C32H26. The largest absolute Gasteiger partial charge is 0.0616 e. The molecule has 0 aliphatic carbocycles. The van der Waals surface area contributed by atoms with Gasteiger partial charge in [-0.05, 0) is 71.3 Å². The molecule has 0 fully saturated rings. The van der Waals surface area contributed by atoms with E-state index in [-0.39, 0.29) is 5.41 Å². The summed E-state index contributed by atoms with van der Waals surface area (Å²) in [7, 11) is 0. The summed E-state index contributed by atoms with van der Waals surface area (Å²) < 4.78 is 0. The zero-order valence-electron chi connectivity index (χ0n) is 18.8. The lowest BCUT2D eigenvalue weighted by Crippen LogP contribution is -2.13. The third kappa shape index (κ3) is 2.83. The maximum atomic E-state index is 2.39. The molecule has 0 spiro atoms. The van der Waals surface area contributed by atoms with Crippen molar-refractivity contribution in [2.75, 3.05) is 0 Å². The van der Waals surface area contributed by atoms with Crippen LogP contribution in [0.1, 0.15) is 26.3 Å². The average Bonchev–Trinajstić information content (AvgIpc) is 2.81. The van der Waals surface area contributed by atoms with E-state index in [1.807, 2.05) is 0 Å². The van der Waals surface area contributed by atoms with Crippen molar-refractivity contribution >= 4 is 43.1 Å². The summed E-state index contributed by atoms with van der Waals surface area (Å²) in [5.41, 5.74) is 4.09. The van der Waals surface area contributed by atoms with Crippen LogP contribution in [0.5, 0.6) is 0 Å². The predicted octanol–water partition coefficient (Wildman–Crippen LogP) is 9.26. The van der Waals surface area contributed by atoms with Gasteiger partial charge in [-0.25, -0.2) is 0 Å². The Hall–Kier alpha value is -3.64. The van der Waals surface area contributed by atoms with Crippen LogP contribution in [0.15, 0.2) is 103 Å². The minimum atomic E-state index is 0.0529. The summed E-state index contributed by atoms with van der Waals surface area (Å²) >= 11 is 0. The highest BCUT2D eigenvalue weighted by Crippen LogP contribution is 2.44. The van der Waals surface area contributed by atoms with Crippen molar-refractivity contribution in [1.29, 1.82) is 0 Å². The van der Waals surface area contributed by atoms with E-state index in [4.69, 9.17) is 0 Å². The van der Waals surface area contributed by atoms with Crippen molar-refractivity contribution < 1.29 is 0 Å². The molecule has 0 amide bonds. The molecule has 0 aliphatic rings. The second-order valence-corrected chi connectivity index (χ2v) is 9.81. The quantitative estimate of drug-likeness (QED) is 0.187. The number of benzene rings is 6. The lowest BCUT2D eigenvalue weighted by molar-refractivity contribution is 0.601. The summed E-state index contributed by atoms with van der Waals surface area (Å²) in [6.45, 7) is 6.97. The van der Waals surface area contributed by atoms with Gasteiger partial charge in [0.25, 0.3) is 0 Å². The van der Waals surface area contributed by atoms with Gasteiger partial charge in [0, 0.05) is 0 Å². The minimum absolute atomic E-state index is 0.0529. The highest BCUT2D eigenvalue weighted by molar-refractivity contribution is 6.17. The molecule has 0 saturated carbocycles. The predicted molar refractivity (Wildman–Crippen MR) is 141 cm³/mol. The van der Waals surface area contributed by atoms with Gasteiger partial charge in [-0.3, -0.25) is 0 Å². The van der Waals surface area contributed by atoms with Crippen molar-refractivity contribution in [3.63, 3.8) is 0 Å². The lowest BCUT2D eigenvalue weighted by atomic mass is 9.78. The molecular weight excluding hydrogens is 384 g/mol. The molecule has 6 rings (SSSR count). The standard InChI is InChI=1S/C32H26/c1-32(2,3)31-27-14-8-6-12-25(27)30(26-13-7-9-15-28(26)31)23-19-18-22-17-16-21-10-4-5-11-24(21)29(22)20-23/h4-20H,1-3H3. The molecule has 6 aromatic carbocycles. The Morgan fingerprint density at radius 3 is 1.50 bits per heavy atom. The van der Waals surface area contributed by atoms with Gasteiger partial charge in [0.1, 0.15) is 0 Å². The molecule has 0 unspecified atom stereocenters. The first kappa shape index (κ1) is 19.1. The highest BCUT2D eigenvalue weighted by atomic mass is 14.3. The molecule has 0 saturated heterocycles. The summed E-state index contributed by atoms with van der Waals surface area (Å²) in [4.78, 5) is 0. The smallest absolute Gasteiger partial charge is 0.00264 e. The van der Waals surface area contributed by atoms with E-state index in [0.29, 0.717) is 0 Å². The molecule has 0 N–H and O–H groups in total. The van der Waals surface area contributed by atoms with E-state index in [2.05, 4.69) is 124 Å². The second-order valence-electron chi connectivity index (χ2n) is 9.81. The van der Waals surface area contributed by atoms with Gasteiger partial charge in [0.05, 0.1) is 0 Å². The van der Waals surface area contributed by atoms with Crippen LogP contribution in [-0.4, -0.2) is 0 Å². The first-order valence-electron chi connectivity index (χ1n) is 11.4. The molecule has 154 valence electrons. The number of fused-ring (bicyclic) bond motifs is 5. The molecule has 0 heteroatoms. The Bertz CT molecular complexity index is 1590. The van der Waals surface area contributed by atoms with Gasteiger partial charge in [-0.2, -0.15) is 0 Å². The number of rotatable bonds is 1. The van der Waals surface area contributed by atoms with Crippen LogP contribution in [0, 0.1) is 0 Å². The molecule has 0 nitrogen and oxygen atoms in total. The Balaban J connectivity index is 1.79. The molecule has 0 aromatic heterocycles. The van der Waals surface area contributed by atoms with Crippen LogP contribution in [0.3, 0.4) is 0 Å². The molecule has 0 aliphatic heterocycles. The van der Waals surface area contributed by atoms with Gasteiger partial charge in [-0.15, -0.1) is 0 Å². The third-order valence-electron chi connectivity index (χ3n) is 6.72. The van der Waals surface area contributed by atoms with Crippen molar-refractivity contribution in [3.05, 3.63) is 109 Å². The van der Waals surface area contributed by atoms with Crippen molar-refractivity contribution in [2.24, 2.45) is 0 Å². The molecule has 0 atom stereocenters. The van der Waals surface area contributed by atoms with E-state index in [1.165, 1.54) is 59.8 Å². The second kappa shape index (κ2) is 6.93. The number of hydrogen-bond acceptors (Lipinski definition) is 0. The SMILES string of the molecule is CC(C)(C)c1c2ccccc2c(-c2ccc3ccc4ccccc4c3c2)c2ccccc12. The van der Waals surface area contributed by atoms with Gasteiger partial charge in [-0.1, -0.05) is 118 Å². The fourth-order valence-electron chi connectivity index (χ4n) is 5.40. The summed E-state index contributed by atoms with van der Waals surface area (Å²) in [5, 5.41) is 10.6. The van der Waals surface area contributed by atoms with Crippen molar-refractivity contribution in [1.82, 2.24) is 0 Å². The van der Waals surface area contributed by atoms with Crippen LogP contribution >= 0.6 is 0 Å². The zero-order valence-corrected chi connectivity index (χ0v) is 18.8. The Morgan fingerprint density at radius 1 is 0.438 bits per heavy atom. The molecule has 0 radical (unpaired) electrons. The lowest BCUT2D eigenvalue weighted by Gasteiger charge is -2.26. The minimum Gasteiger partial charge on any atom is -0.0616 e. The van der Waals surface area contributed by atoms with Gasteiger partial charge in [0.2, 0.25) is 0 Å². The van der Waals surface area contributed by atoms with E-state index >= 15 is 0 Å². The highest BCUT2D eigenvalue weighted by Gasteiger charge is 2.23. The van der Waals surface area contributed by atoms with Gasteiger partial charge < -0.3 is 0 Å². The van der Waals surface area contributed by atoms with Crippen molar-refractivity contribution in [3.8, 4) is 11.1 Å². The van der Waals surface area contributed by atoms with Crippen LogP contribution in [0.2, 0.25) is 0 Å². The van der Waals surface area contributed by atoms with Crippen LogP contribution in [0.4, 0.5) is 0 Å². The van der Waals surface area contributed by atoms with Crippen LogP contribution in [-0.2, 0) is 5.41 Å². The first-order valence-corrected chi connectivity index (χ1v) is 11.4. The maximum Gasteiger partial charge on any atom is -0.00264 e. The Morgan fingerprint density at radius 2 is 0.906 bits per heavy atom. The average molecular weight is 411 g/mol. The van der Waals surface area contributed by atoms with E-state index in [9.17, 15) is 0 Å². The van der Waals surface area contributed by atoms with E-state index in [0.717, 1.165) is 0 Å². The summed E-state index contributed by atoms with van der Waals surface area (Å²) in [6.07, 6.45) is 0. The third-order valence-corrected chi connectivity index (χ3v) is 6.72.